The molecule has 1 unspecified atom stereocenters. The highest BCUT2D eigenvalue weighted by Gasteiger charge is 2.24. The molecule has 12 heavy (non-hydrogen) atoms. The molecule has 0 saturated heterocycles. The third kappa shape index (κ3) is 2.94. The van der Waals surface area contributed by atoms with Crippen molar-refractivity contribution < 1.29 is 4.79 Å². The molecule has 0 radical (unpaired) electrons. The van der Waals surface area contributed by atoms with E-state index >= 15 is 0 Å². The Kier molecular flexibility index (Phi) is 4.46. The van der Waals surface area contributed by atoms with Gasteiger partial charge in [-0.1, -0.05) is 34.6 Å². The SMILES string of the molecule is CC(C)C(C)C(=O)[C@@H](N)C(C)C. The van der Waals surface area contributed by atoms with Crippen LogP contribution in [0.15, 0.2) is 0 Å². The summed E-state index contributed by atoms with van der Waals surface area (Å²) in [6.07, 6.45) is 0. The van der Waals surface area contributed by atoms with E-state index in [4.69, 9.17) is 5.73 Å². The second kappa shape index (κ2) is 4.61. The molecule has 0 aromatic heterocycles. The normalized spacial score (nSPS) is 16.7. The third-order valence-electron chi connectivity index (χ3n) is 2.50. The molecular formula is C10H21NO. The van der Waals surface area contributed by atoms with Crippen LogP contribution < -0.4 is 5.73 Å². The lowest BCUT2D eigenvalue weighted by Gasteiger charge is -2.21. The van der Waals surface area contributed by atoms with E-state index in [1.165, 1.54) is 0 Å². The van der Waals surface area contributed by atoms with Crippen LogP contribution in [-0.4, -0.2) is 11.8 Å². The van der Waals surface area contributed by atoms with Gasteiger partial charge < -0.3 is 5.73 Å². The van der Waals surface area contributed by atoms with E-state index in [0.717, 1.165) is 0 Å². The van der Waals surface area contributed by atoms with Crippen molar-refractivity contribution in [2.75, 3.05) is 0 Å². The van der Waals surface area contributed by atoms with Crippen molar-refractivity contribution in [3.8, 4) is 0 Å². The van der Waals surface area contributed by atoms with Crippen molar-refractivity contribution in [3.63, 3.8) is 0 Å². The first-order chi connectivity index (χ1) is 5.37. The minimum absolute atomic E-state index is 0.0856. The number of rotatable bonds is 4. The Balaban J connectivity index is 4.19. The lowest BCUT2D eigenvalue weighted by molar-refractivity contribution is -0.125. The molecule has 0 spiro atoms. The zero-order valence-electron chi connectivity index (χ0n) is 8.79. The van der Waals surface area contributed by atoms with Crippen LogP contribution >= 0.6 is 0 Å². The van der Waals surface area contributed by atoms with Gasteiger partial charge in [0.05, 0.1) is 6.04 Å². The first-order valence-corrected chi connectivity index (χ1v) is 4.67. The fourth-order valence-corrected chi connectivity index (χ4v) is 0.961. The smallest absolute Gasteiger partial charge is 0.152 e. The maximum atomic E-state index is 11.6. The van der Waals surface area contributed by atoms with E-state index in [-0.39, 0.29) is 23.7 Å². The molecular weight excluding hydrogens is 150 g/mol. The van der Waals surface area contributed by atoms with Crippen LogP contribution in [0, 0.1) is 17.8 Å². The van der Waals surface area contributed by atoms with Crippen molar-refractivity contribution in [2.24, 2.45) is 23.5 Å². The van der Waals surface area contributed by atoms with Crippen molar-refractivity contribution >= 4 is 5.78 Å². The van der Waals surface area contributed by atoms with Gasteiger partial charge in [0, 0.05) is 5.92 Å². The van der Waals surface area contributed by atoms with E-state index in [2.05, 4.69) is 13.8 Å². The Labute approximate surface area is 75.5 Å². The van der Waals surface area contributed by atoms with Crippen molar-refractivity contribution in [3.05, 3.63) is 0 Å². The third-order valence-corrected chi connectivity index (χ3v) is 2.50. The fraction of sp³-hybridized carbons (Fsp3) is 0.900. The summed E-state index contributed by atoms with van der Waals surface area (Å²) in [5.41, 5.74) is 5.75. The summed E-state index contributed by atoms with van der Waals surface area (Å²) in [5.74, 6) is 0.920. The molecule has 72 valence electrons. The van der Waals surface area contributed by atoms with Gasteiger partial charge in [-0.25, -0.2) is 0 Å². The topological polar surface area (TPSA) is 43.1 Å². The molecule has 2 atom stereocenters. The van der Waals surface area contributed by atoms with Gasteiger partial charge in [-0.15, -0.1) is 0 Å². The van der Waals surface area contributed by atoms with Gasteiger partial charge in [0.25, 0.3) is 0 Å². The predicted octanol–water partition coefficient (Wildman–Crippen LogP) is 1.83. The van der Waals surface area contributed by atoms with Gasteiger partial charge in [-0.05, 0) is 11.8 Å². The van der Waals surface area contributed by atoms with Crippen molar-refractivity contribution in [1.82, 2.24) is 0 Å². The highest BCUT2D eigenvalue weighted by molar-refractivity contribution is 5.86. The summed E-state index contributed by atoms with van der Waals surface area (Å²) in [4.78, 5) is 11.6. The summed E-state index contributed by atoms with van der Waals surface area (Å²) >= 11 is 0. The van der Waals surface area contributed by atoms with Crippen LogP contribution in [0.1, 0.15) is 34.6 Å². The van der Waals surface area contributed by atoms with E-state index in [1.807, 2.05) is 20.8 Å². The second-order valence-corrected chi connectivity index (χ2v) is 4.20. The molecule has 0 aliphatic heterocycles. The molecule has 0 aliphatic rings. The van der Waals surface area contributed by atoms with Gasteiger partial charge in [-0.3, -0.25) is 4.79 Å². The second-order valence-electron chi connectivity index (χ2n) is 4.20. The average Bonchev–Trinajstić information content (AvgIpc) is 2.00. The Bertz CT molecular complexity index is 136. The first kappa shape index (κ1) is 11.6. The highest BCUT2D eigenvalue weighted by Crippen LogP contribution is 2.14. The first-order valence-electron chi connectivity index (χ1n) is 4.67. The zero-order valence-corrected chi connectivity index (χ0v) is 8.79. The Hall–Kier alpha value is -0.370. The summed E-state index contributed by atoms with van der Waals surface area (Å²) in [7, 11) is 0. The molecule has 2 N–H and O–H groups in total. The van der Waals surface area contributed by atoms with E-state index in [0.29, 0.717) is 5.92 Å². The molecule has 0 amide bonds. The van der Waals surface area contributed by atoms with Gasteiger partial charge in [-0.2, -0.15) is 0 Å². The number of carbonyl (C=O) groups is 1. The number of Topliss-reactive ketones (excluding diaryl/α,β-unsaturated/α-hetero) is 1. The van der Waals surface area contributed by atoms with Gasteiger partial charge in [0.2, 0.25) is 0 Å². The Morgan fingerprint density at radius 1 is 1.00 bits per heavy atom. The molecule has 2 heteroatoms. The largest absolute Gasteiger partial charge is 0.321 e. The highest BCUT2D eigenvalue weighted by atomic mass is 16.1. The molecule has 0 aromatic rings. The summed E-state index contributed by atoms with van der Waals surface area (Å²) in [6.45, 7) is 10.0. The number of carbonyl (C=O) groups excluding carboxylic acids is 1. The van der Waals surface area contributed by atoms with Crippen LogP contribution in [0.2, 0.25) is 0 Å². The fourth-order valence-electron chi connectivity index (χ4n) is 0.961. The van der Waals surface area contributed by atoms with Gasteiger partial charge in [0.1, 0.15) is 0 Å². The number of hydrogen-bond acceptors (Lipinski definition) is 2. The Morgan fingerprint density at radius 3 is 1.67 bits per heavy atom. The van der Waals surface area contributed by atoms with Crippen LogP contribution in [0.25, 0.3) is 0 Å². The summed E-state index contributed by atoms with van der Waals surface area (Å²) < 4.78 is 0. The number of hydrogen-bond donors (Lipinski definition) is 1. The van der Waals surface area contributed by atoms with Crippen LogP contribution in [0.4, 0.5) is 0 Å². The predicted molar refractivity (Wildman–Crippen MR) is 51.8 cm³/mol. The number of ketones is 1. The molecule has 0 fully saturated rings. The quantitative estimate of drug-likeness (QED) is 0.701. The lowest BCUT2D eigenvalue weighted by atomic mass is 9.86. The molecule has 0 bridgehead atoms. The maximum Gasteiger partial charge on any atom is 0.152 e. The van der Waals surface area contributed by atoms with Crippen LogP contribution in [0.5, 0.6) is 0 Å². The zero-order chi connectivity index (χ0) is 9.89. The minimum atomic E-state index is -0.289. The maximum absolute atomic E-state index is 11.6. The standard InChI is InChI=1S/C10H21NO/c1-6(2)8(5)10(12)9(11)7(3)4/h6-9H,11H2,1-5H3/t8?,9-/m0/s1. The van der Waals surface area contributed by atoms with Crippen molar-refractivity contribution in [1.29, 1.82) is 0 Å². The molecule has 2 nitrogen and oxygen atoms in total. The van der Waals surface area contributed by atoms with Gasteiger partial charge in [0.15, 0.2) is 5.78 Å². The molecule has 0 heterocycles. The van der Waals surface area contributed by atoms with Crippen molar-refractivity contribution in [2.45, 2.75) is 40.7 Å². The molecule has 0 rings (SSSR count). The molecule has 0 aliphatic carbocycles. The Morgan fingerprint density at radius 2 is 1.42 bits per heavy atom. The summed E-state index contributed by atoms with van der Waals surface area (Å²) in [6, 6.07) is -0.289. The number of nitrogens with two attached hydrogens (primary N) is 1. The van der Waals surface area contributed by atoms with E-state index in [1.54, 1.807) is 0 Å². The minimum Gasteiger partial charge on any atom is -0.321 e. The van der Waals surface area contributed by atoms with Crippen LogP contribution in [0.3, 0.4) is 0 Å². The molecule has 0 saturated carbocycles. The van der Waals surface area contributed by atoms with E-state index < -0.39 is 0 Å². The average molecular weight is 171 g/mol. The van der Waals surface area contributed by atoms with Gasteiger partial charge >= 0.3 is 0 Å². The van der Waals surface area contributed by atoms with Crippen LogP contribution in [-0.2, 0) is 4.79 Å². The monoisotopic (exact) mass is 171 g/mol. The summed E-state index contributed by atoms with van der Waals surface area (Å²) in [5, 5.41) is 0. The lowest BCUT2D eigenvalue weighted by Crippen LogP contribution is -2.40. The van der Waals surface area contributed by atoms with E-state index in [9.17, 15) is 4.79 Å². The molecule has 0 aromatic carbocycles.